The molecule has 112 valence electrons. The van der Waals surface area contributed by atoms with Gasteiger partial charge in [-0.1, -0.05) is 49.5 Å². The van der Waals surface area contributed by atoms with E-state index >= 15 is 0 Å². The quantitative estimate of drug-likeness (QED) is 0.571. The highest BCUT2D eigenvalue weighted by atomic mass is 32.2. The largest absolute Gasteiger partial charge is 0.457 e. The molecule has 3 rings (SSSR count). The van der Waals surface area contributed by atoms with Gasteiger partial charge in [0.05, 0.1) is 4.91 Å². The molecule has 1 aliphatic rings. The number of thioether (sulfide) groups is 1. The molecule has 5 heteroatoms. The lowest BCUT2D eigenvalue weighted by Crippen LogP contribution is -2.27. The Hall–Kier alpha value is -1.85. The van der Waals surface area contributed by atoms with Crippen molar-refractivity contribution in [1.82, 2.24) is 4.90 Å². The van der Waals surface area contributed by atoms with Crippen molar-refractivity contribution in [2.75, 3.05) is 6.54 Å². The van der Waals surface area contributed by atoms with E-state index in [0.29, 0.717) is 17.3 Å². The van der Waals surface area contributed by atoms with E-state index < -0.39 is 0 Å². The van der Waals surface area contributed by atoms with Gasteiger partial charge in [-0.25, -0.2) is 0 Å². The maximum Gasteiger partial charge on any atom is 0.291 e. The average molecular weight is 329 g/mol. The Morgan fingerprint density at radius 2 is 2.00 bits per heavy atom. The molecule has 22 heavy (non-hydrogen) atoms. The Bertz CT molecular complexity index is 734. The lowest BCUT2D eigenvalue weighted by molar-refractivity contribution is 0.245. The van der Waals surface area contributed by atoms with E-state index in [2.05, 4.69) is 0 Å². The fourth-order valence-electron chi connectivity index (χ4n) is 2.23. The summed E-state index contributed by atoms with van der Waals surface area (Å²) in [5.41, 5.74) is 1.03. The first-order valence-corrected chi connectivity index (χ1v) is 8.32. The number of nitrogens with zero attached hydrogens (tertiary/aromatic N) is 1. The number of carbonyl (C=O) groups is 1. The Morgan fingerprint density at radius 3 is 2.73 bits per heavy atom. The standard InChI is InChI=1S/C17H15NO2S2/c1-2-10-18-16(21)15(22-17(18)19)11-13-8-9-14(20-13)12-6-4-3-5-7-12/h3-9,11H,2,10H2,1H3. The van der Waals surface area contributed by atoms with Gasteiger partial charge in [0, 0.05) is 12.1 Å². The fourth-order valence-corrected chi connectivity index (χ4v) is 3.50. The number of benzene rings is 1. The molecule has 1 aromatic carbocycles. The third-order valence-corrected chi connectivity index (χ3v) is 4.77. The van der Waals surface area contributed by atoms with Crippen LogP contribution in [0.15, 0.2) is 51.8 Å². The van der Waals surface area contributed by atoms with Gasteiger partial charge in [0.1, 0.15) is 16.5 Å². The summed E-state index contributed by atoms with van der Waals surface area (Å²) >= 11 is 6.55. The van der Waals surface area contributed by atoms with Crippen LogP contribution in [0.3, 0.4) is 0 Å². The number of thiocarbonyl (C=S) groups is 1. The fraction of sp³-hybridized carbons (Fsp3) is 0.176. The van der Waals surface area contributed by atoms with Gasteiger partial charge < -0.3 is 4.42 Å². The molecule has 2 aromatic rings. The molecule has 0 radical (unpaired) electrons. The van der Waals surface area contributed by atoms with Crippen LogP contribution in [0.25, 0.3) is 17.4 Å². The lowest BCUT2D eigenvalue weighted by atomic mass is 10.2. The summed E-state index contributed by atoms with van der Waals surface area (Å²) in [5.74, 6) is 1.51. The van der Waals surface area contributed by atoms with Gasteiger partial charge in [0.25, 0.3) is 5.24 Å². The maximum atomic E-state index is 11.9. The van der Waals surface area contributed by atoms with Gasteiger partial charge in [-0.3, -0.25) is 9.69 Å². The molecular weight excluding hydrogens is 314 g/mol. The summed E-state index contributed by atoms with van der Waals surface area (Å²) in [7, 11) is 0. The van der Waals surface area contributed by atoms with E-state index in [1.165, 1.54) is 11.8 Å². The highest BCUT2D eigenvalue weighted by Crippen LogP contribution is 2.34. The third kappa shape index (κ3) is 3.00. The van der Waals surface area contributed by atoms with Crippen molar-refractivity contribution in [3.63, 3.8) is 0 Å². The zero-order valence-corrected chi connectivity index (χ0v) is 13.7. The van der Waals surface area contributed by atoms with Crippen molar-refractivity contribution < 1.29 is 9.21 Å². The summed E-state index contributed by atoms with van der Waals surface area (Å²) in [5, 5.41) is -0.00654. The molecule has 0 N–H and O–H groups in total. The van der Waals surface area contributed by atoms with Crippen LogP contribution in [0.2, 0.25) is 0 Å². The maximum absolute atomic E-state index is 11.9. The molecule has 1 amide bonds. The second-order valence-electron chi connectivity index (χ2n) is 4.90. The minimum Gasteiger partial charge on any atom is -0.457 e. The molecule has 0 atom stereocenters. The van der Waals surface area contributed by atoms with Crippen molar-refractivity contribution >= 4 is 40.3 Å². The van der Waals surface area contributed by atoms with Gasteiger partial charge >= 0.3 is 0 Å². The molecule has 0 spiro atoms. The summed E-state index contributed by atoms with van der Waals surface area (Å²) in [6.45, 7) is 2.69. The monoisotopic (exact) mass is 329 g/mol. The van der Waals surface area contributed by atoms with Gasteiger partial charge in [-0.15, -0.1) is 0 Å². The molecule has 0 aliphatic carbocycles. The Morgan fingerprint density at radius 1 is 1.23 bits per heavy atom. The van der Waals surface area contributed by atoms with Gasteiger partial charge in [-0.2, -0.15) is 0 Å². The van der Waals surface area contributed by atoms with E-state index in [1.54, 1.807) is 4.90 Å². The number of carbonyl (C=O) groups excluding carboxylic acids is 1. The molecular formula is C17H15NO2S2. The first kappa shape index (κ1) is 15.1. The predicted octanol–water partition coefficient (Wildman–Crippen LogP) is 5.19. The van der Waals surface area contributed by atoms with Crippen molar-refractivity contribution in [2.24, 2.45) is 0 Å². The highest BCUT2D eigenvalue weighted by Gasteiger charge is 2.31. The topological polar surface area (TPSA) is 33.5 Å². The minimum absolute atomic E-state index is 0.00654. The van der Waals surface area contributed by atoms with Crippen LogP contribution in [0, 0.1) is 0 Å². The minimum atomic E-state index is -0.00654. The molecule has 1 aliphatic heterocycles. The highest BCUT2D eigenvalue weighted by molar-refractivity contribution is 8.19. The molecule has 0 bridgehead atoms. The molecule has 1 fully saturated rings. The molecule has 3 nitrogen and oxygen atoms in total. The molecule has 0 saturated carbocycles. The zero-order chi connectivity index (χ0) is 15.5. The SMILES string of the molecule is CCCN1C(=O)SC(=Cc2ccc(-c3ccccc3)o2)C1=S. The number of amides is 1. The summed E-state index contributed by atoms with van der Waals surface area (Å²) in [4.78, 5) is 14.9. The summed E-state index contributed by atoms with van der Waals surface area (Å²) in [6, 6.07) is 13.7. The normalized spacial score (nSPS) is 16.8. The third-order valence-electron chi connectivity index (χ3n) is 3.28. The van der Waals surface area contributed by atoms with Crippen molar-refractivity contribution in [3.05, 3.63) is 53.1 Å². The molecule has 0 unspecified atom stereocenters. The van der Waals surface area contributed by atoms with Crippen LogP contribution in [-0.4, -0.2) is 21.7 Å². The Balaban J connectivity index is 1.83. The van der Waals surface area contributed by atoms with Crippen LogP contribution in [0.4, 0.5) is 4.79 Å². The average Bonchev–Trinajstić information content (AvgIpc) is 3.09. The molecule has 2 heterocycles. The van der Waals surface area contributed by atoms with Crippen LogP contribution >= 0.6 is 24.0 Å². The van der Waals surface area contributed by atoms with E-state index in [4.69, 9.17) is 16.6 Å². The Kier molecular flexibility index (Phi) is 4.45. The number of hydrogen-bond acceptors (Lipinski definition) is 4. The van der Waals surface area contributed by atoms with Crippen LogP contribution in [0.1, 0.15) is 19.1 Å². The van der Waals surface area contributed by atoms with E-state index in [9.17, 15) is 4.79 Å². The first-order chi connectivity index (χ1) is 10.7. The van der Waals surface area contributed by atoms with E-state index in [0.717, 1.165) is 22.6 Å². The zero-order valence-electron chi connectivity index (χ0n) is 12.1. The Labute approximate surface area is 139 Å². The van der Waals surface area contributed by atoms with Crippen molar-refractivity contribution in [1.29, 1.82) is 0 Å². The van der Waals surface area contributed by atoms with Crippen LogP contribution in [-0.2, 0) is 0 Å². The number of hydrogen-bond donors (Lipinski definition) is 0. The van der Waals surface area contributed by atoms with Gasteiger partial charge in [0.2, 0.25) is 0 Å². The number of rotatable bonds is 4. The summed E-state index contributed by atoms with van der Waals surface area (Å²) < 4.78 is 5.83. The van der Waals surface area contributed by atoms with Crippen molar-refractivity contribution in [2.45, 2.75) is 13.3 Å². The van der Waals surface area contributed by atoms with Gasteiger partial charge in [-0.05, 0) is 36.4 Å². The smallest absolute Gasteiger partial charge is 0.291 e. The van der Waals surface area contributed by atoms with E-state index in [-0.39, 0.29) is 5.24 Å². The van der Waals surface area contributed by atoms with E-state index in [1.807, 2.05) is 55.5 Å². The number of furan rings is 1. The molecule has 1 saturated heterocycles. The second kappa shape index (κ2) is 6.50. The van der Waals surface area contributed by atoms with Crippen LogP contribution < -0.4 is 0 Å². The van der Waals surface area contributed by atoms with Gasteiger partial charge in [0.15, 0.2) is 0 Å². The lowest BCUT2D eigenvalue weighted by Gasteiger charge is -2.12. The first-order valence-electron chi connectivity index (χ1n) is 7.09. The van der Waals surface area contributed by atoms with Crippen molar-refractivity contribution in [3.8, 4) is 11.3 Å². The second-order valence-corrected chi connectivity index (χ2v) is 6.28. The molecule has 1 aromatic heterocycles. The summed E-state index contributed by atoms with van der Waals surface area (Å²) in [6.07, 6.45) is 2.73. The van der Waals surface area contributed by atoms with Crippen LogP contribution in [0.5, 0.6) is 0 Å². The predicted molar refractivity (Wildman–Crippen MR) is 94.7 cm³/mol.